The molecular formula is C16H25N3O2S. The molecule has 2 aliphatic heterocycles. The molecule has 2 atom stereocenters. The minimum Gasteiger partial charge on any atom is -0.380 e. The van der Waals surface area contributed by atoms with Crippen LogP contribution in [0, 0.1) is 18.3 Å². The molecule has 0 spiro atoms. The molecule has 2 saturated heterocycles. The molecular weight excluding hydrogens is 298 g/mol. The minimum absolute atomic E-state index is 0.144. The van der Waals surface area contributed by atoms with Crippen molar-refractivity contribution < 1.29 is 9.47 Å². The molecule has 0 amide bonds. The number of ether oxygens (including phenoxy) is 2. The van der Waals surface area contributed by atoms with Crippen molar-refractivity contribution in [3.63, 3.8) is 0 Å². The number of aryl methyl sites for hydroxylation is 1. The summed E-state index contributed by atoms with van der Waals surface area (Å²) in [5, 5.41) is 10.6. The predicted molar refractivity (Wildman–Crippen MR) is 86.4 cm³/mol. The summed E-state index contributed by atoms with van der Waals surface area (Å²) in [6, 6.07) is 0. The van der Waals surface area contributed by atoms with Crippen molar-refractivity contribution in [1.29, 1.82) is 0 Å². The molecule has 22 heavy (non-hydrogen) atoms. The van der Waals surface area contributed by atoms with E-state index in [9.17, 15) is 0 Å². The molecule has 0 aromatic carbocycles. The molecule has 6 heteroatoms. The van der Waals surface area contributed by atoms with Gasteiger partial charge in [0.1, 0.15) is 5.01 Å². The fourth-order valence-corrected chi connectivity index (χ4v) is 4.50. The van der Waals surface area contributed by atoms with Gasteiger partial charge in [-0.15, -0.1) is 10.2 Å². The molecule has 2 unspecified atom stereocenters. The van der Waals surface area contributed by atoms with Gasteiger partial charge in [-0.05, 0) is 44.9 Å². The number of rotatable bonds is 5. The number of hydrogen-bond acceptors (Lipinski definition) is 6. The number of piperidine rings is 1. The monoisotopic (exact) mass is 323 g/mol. The molecule has 3 fully saturated rings. The Hall–Kier alpha value is -0.720. The first-order valence-electron chi connectivity index (χ1n) is 8.50. The van der Waals surface area contributed by atoms with Crippen LogP contribution in [-0.2, 0) is 9.47 Å². The molecule has 0 radical (unpaired) electrons. The lowest BCUT2D eigenvalue weighted by Crippen LogP contribution is -2.57. The third kappa shape index (κ3) is 3.01. The fraction of sp³-hybridized carbons (Fsp3) is 0.875. The summed E-state index contributed by atoms with van der Waals surface area (Å²) < 4.78 is 12.2. The van der Waals surface area contributed by atoms with Crippen LogP contribution >= 0.6 is 11.3 Å². The van der Waals surface area contributed by atoms with Gasteiger partial charge >= 0.3 is 0 Å². The lowest BCUT2D eigenvalue weighted by Gasteiger charge is -2.50. The summed E-state index contributed by atoms with van der Waals surface area (Å²) >= 11 is 1.69. The highest BCUT2D eigenvalue weighted by Crippen LogP contribution is 2.42. The van der Waals surface area contributed by atoms with E-state index in [2.05, 4.69) is 15.1 Å². The molecule has 0 N–H and O–H groups in total. The largest absolute Gasteiger partial charge is 0.380 e. The van der Waals surface area contributed by atoms with Crippen LogP contribution in [-0.4, -0.2) is 49.2 Å². The Morgan fingerprint density at radius 3 is 3.05 bits per heavy atom. The minimum atomic E-state index is 0.144. The first kappa shape index (κ1) is 14.8. The summed E-state index contributed by atoms with van der Waals surface area (Å²) in [5.41, 5.74) is 0.144. The van der Waals surface area contributed by atoms with Crippen molar-refractivity contribution in [2.24, 2.45) is 11.3 Å². The Balaban J connectivity index is 1.47. The number of aromatic nitrogens is 2. The second-order valence-electron chi connectivity index (χ2n) is 7.10. The van der Waals surface area contributed by atoms with Gasteiger partial charge in [-0.2, -0.15) is 0 Å². The standard InChI is InChI=1S/C16H25N3O2S/c1-12-17-18-15(22-12)19-7-5-14-16(10-19,6-2-8-21-14)11-20-9-13-3-4-13/h13-14H,2-11H2,1H3. The van der Waals surface area contributed by atoms with Crippen molar-refractivity contribution >= 4 is 16.5 Å². The van der Waals surface area contributed by atoms with E-state index in [1.807, 2.05) is 6.92 Å². The van der Waals surface area contributed by atoms with E-state index in [0.29, 0.717) is 6.10 Å². The molecule has 0 bridgehead atoms. The van der Waals surface area contributed by atoms with Crippen LogP contribution in [0.1, 0.15) is 37.1 Å². The van der Waals surface area contributed by atoms with E-state index in [1.165, 1.54) is 19.3 Å². The fourth-order valence-electron chi connectivity index (χ4n) is 3.79. The third-order valence-corrected chi connectivity index (χ3v) is 6.11. The molecule has 3 aliphatic rings. The lowest BCUT2D eigenvalue weighted by atomic mass is 9.73. The maximum Gasteiger partial charge on any atom is 0.208 e. The number of anilines is 1. The van der Waals surface area contributed by atoms with Gasteiger partial charge in [-0.1, -0.05) is 11.3 Å². The number of fused-ring (bicyclic) bond motifs is 1. The van der Waals surface area contributed by atoms with Gasteiger partial charge < -0.3 is 14.4 Å². The van der Waals surface area contributed by atoms with Crippen LogP contribution in [0.2, 0.25) is 0 Å². The van der Waals surface area contributed by atoms with Gasteiger partial charge in [0, 0.05) is 31.7 Å². The first-order chi connectivity index (χ1) is 10.8. The molecule has 1 aromatic heterocycles. The van der Waals surface area contributed by atoms with E-state index in [-0.39, 0.29) is 5.41 Å². The molecule has 5 nitrogen and oxygen atoms in total. The normalized spacial score (nSPS) is 32.0. The number of hydrogen-bond donors (Lipinski definition) is 0. The van der Waals surface area contributed by atoms with Crippen molar-refractivity contribution in [3.8, 4) is 0 Å². The zero-order valence-corrected chi connectivity index (χ0v) is 14.1. The van der Waals surface area contributed by atoms with E-state index in [1.54, 1.807) is 11.3 Å². The average molecular weight is 323 g/mol. The highest BCUT2D eigenvalue weighted by molar-refractivity contribution is 7.15. The first-order valence-corrected chi connectivity index (χ1v) is 9.31. The van der Waals surface area contributed by atoms with Crippen LogP contribution in [0.25, 0.3) is 0 Å². The summed E-state index contributed by atoms with van der Waals surface area (Å²) in [4.78, 5) is 2.40. The highest BCUT2D eigenvalue weighted by Gasteiger charge is 2.47. The van der Waals surface area contributed by atoms with Crippen LogP contribution < -0.4 is 4.90 Å². The van der Waals surface area contributed by atoms with E-state index in [4.69, 9.17) is 9.47 Å². The Labute approximate surface area is 136 Å². The van der Waals surface area contributed by atoms with Crippen LogP contribution in [0.4, 0.5) is 5.13 Å². The van der Waals surface area contributed by atoms with Gasteiger partial charge in [0.25, 0.3) is 0 Å². The maximum absolute atomic E-state index is 6.11. The van der Waals surface area contributed by atoms with Crippen molar-refractivity contribution in [1.82, 2.24) is 10.2 Å². The highest BCUT2D eigenvalue weighted by atomic mass is 32.1. The van der Waals surface area contributed by atoms with Gasteiger partial charge in [0.2, 0.25) is 5.13 Å². The third-order valence-electron chi connectivity index (χ3n) is 5.21. The Kier molecular flexibility index (Phi) is 4.09. The van der Waals surface area contributed by atoms with Gasteiger partial charge in [-0.3, -0.25) is 0 Å². The van der Waals surface area contributed by atoms with E-state index >= 15 is 0 Å². The zero-order chi connectivity index (χ0) is 15.0. The lowest BCUT2D eigenvalue weighted by molar-refractivity contribution is -0.126. The molecule has 3 heterocycles. The Morgan fingerprint density at radius 1 is 1.36 bits per heavy atom. The van der Waals surface area contributed by atoms with Crippen LogP contribution in [0.15, 0.2) is 0 Å². The molecule has 4 rings (SSSR count). The van der Waals surface area contributed by atoms with Gasteiger partial charge in [0.15, 0.2) is 0 Å². The second kappa shape index (κ2) is 6.06. The molecule has 1 aliphatic carbocycles. The Morgan fingerprint density at radius 2 is 2.27 bits per heavy atom. The van der Waals surface area contributed by atoms with E-state index < -0.39 is 0 Å². The average Bonchev–Trinajstić information content (AvgIpc) is 3.25. The Bertz CT molecular complexity index is 519. The topological polar surface area (TPSA) is 47.5 Å². The van der Waals surface area contributed by atoms with Crippen LogP contribution in [0.3, 0.4) is 0 Å². The summed E-state index contributed by atoms with van der Waals surface area (Å²) in [5.74, 6) is 0.824. The van der Waals surface area contributed by atoms with Gasteiger partial charge in [-0.25, -0.2) is 0 Å². The number of nitrogens with zero attached hydrogens (tertiary/aromatic N) is 3. The van der Waals surface area contributed by atoms with Crippen molar-refractivity contribution in [2.45, 2.75) is 45.1 Å². The molecule has 1 aromatic rings. The molecule has 122 valence electrons. The second-order valence-corrected chi connectivity index (χ2v) is 8.26. The van der Waals surface area contributed by atoms with E-state index in [0.717, 1.165) is 61.8 Å². The van der Waals surface area contributed by atoms with Crippen molar-refractivity contribution in [3.05, 3.63) is 5.01 Å². The van der Waals surface area contributed by atoms with Crippen molar-refractivity contribution in [2.75, 3.05) is 37.8 Å². The quantitative estimate of drug-likeness (QED) is 0.834. The van der Waals surface area contributed by atoms with Crippen LogP contribution in [0.5, 0.6) is 0 Å². The zero-order valence-electron chi connectivity index (χ0n) is 13.3. The smallest absolute Gasteiger partial charge is 0.208 e. The van der Waals surface area contributed by atoms with Gasteiger partial charge in [0.05, 0.1) is 12.7 Å². The molecule has 1 saturated carbocycles. The SMILES string of the molecule is Cc1nnc(N2CCC3OCCCC3(COCC3CC3)C2)s1. The summed E-state index contributed by atoms with van der Waals surface area (Å²) in [6.45, 7) is 6.72. The summed E-state index contributed by atoms with van der Waals surface area (Å²) in [6.07, 6.45) is 6.48. The summed E-state index contributed by atoms with van der Waals surface area (Å²) in [7, 11) is 0. The predicted octanol–water partition coefficient (Wildman–Crippen LogP) is 2.65. The maximum atomic E-state index is 6.11.